The van der Waals surface area contributed by atoms with Crippen molar-refractivity contribution in [3.63, 3.8) is 0 Å². The van der Waals surface area contributed by atoms with E-state index in [4.69, 9.17) is 22.1 Å². The lowest BCUT2D eigenvalue weighted by Crippen LogP contribution is -2.48. The van der Waals surface area contributed by atoms with E-state index in [9.17, 15) is 14.4 Å². The van der Waals surface area contributed by atoms with Gasteiger partial charge in [-0.2, -0.15) is 0 Å². The first kappa shape index (κ1) is 14.3. The highest BCUT2D eigenvalue weighted by molar-refractivity contribution is 6.30. The lowest BCUT2D eigenvalue weighted by atomic mass is 10.1. The molecule has 0 saturated heterocycles. The minimum Gasteiger partial charge on any atom is -0.479 e. The quantitative estimate of drug-likeness (QED) is 0.654. The van der Waals surface area contributed by atoms with Gasteiger partial charge in [0.15, 0.2) is 11.9 Å². The Labute approximate surface area is 120 Å². The van der Waals surface area contributed by atoms with Crippen LogP contribution in [0.15, 0.2) is 18.2 Å². The number of hydrogen-bond donors (Lipinski definition) is 1. The molecule has 1 aromatic rings. The third kappa shape index (κ3) is 2.60. The van der Waals surface area contributed by atoms with Gasteiger partial charge in [0.25, 0.3) is 5.91 Å². The Morgan fingerprint density at radius 2 is 2.15 bits per heavy atom. The fourth-order valence-electron chi connectivity index (χ4n) is 1.98. The molecular weight excluding hydrogens is 284 g/mol. The first-order chi connectivity index (χ1) is 9.43. The zero-order valence-electron chi connectivity index (χ0n) is 10.8. The molecule has 0 fully saturated rings. The van der Waals surface area contributed by atoms with Crippen molar-refractivity contribution in [2.45, 2.75) is 13.0 Å². The van der Waals surface area contributed by atoms with Gasteiger partial charge in [-0.15, -0.1) is 11.6 Å². The summed E-state index contributed by atoms with van der Waals surface area (Å²) < 4.78 is 5.44. The standard InChI is InChI=1S/C13H13ClN2O4/c1-7-13(19)16(6-12(15)18)9-4-8(10(17)5-14)2-3-11(9)20-7/h2-4,7H,5-6H2,1H3,(H2,15,18). The number of halogens is 1. The molecule has 1 aromatic carbocycles. The normalized spacial score (nSPS) is 17.4. The predicted molar refractivity (Wildman–Crippen MR) is 73.1 cm³/mol. The van der Waals surface area contributed by atoms with Gasteiger partial charge >= 0.3 is 0 Å². The molecule has 1 unspecified atom stereocenters. The number of carbonyl (C=O) groups excluding carboxylic acids is 3. The van der Waals surface area contributed by atoms with Crippen molar-refractivity contribution in [1.29, 1.82) is 0 Å². The highest BCUT2D eigenvalue weighted by atomic mass is 35.5. The van der Waals surface area contributed by atoms with Gasteiger partial charge in [0.05, 0.1) is 11.6 Å². The lowest BCUT2D eigenvalue weighted by Gasteiger charge is -2.32. The van der Waals surface area contributed by atoms with Crippen molar-refractivity contribution >= 4 is 34.9 Å². The number of fused-ring (bicyclic) bond motifs is 1. The molecule has 1 heterocycles. The van der Waals surface area contributed by atoms with Crippen LogP contribution in [0, 0.1) is 0 Å². The van der Waals surface area contributed by atoms with Crippen LogP contribution in [0.1, 0.15) is 17.3 Å². The topological polar surface area (TPSA) is 89.7 Å². The summed E-state index contributed by atoms with van der Waals surface area (Å²) in [4.78, 5) is 36.0. The Kier molecular flexibility index (Phi) is 3.94. The number of hydrogen-bond acceptors (Lipinski definition) is 4. The molecular formula is C13H13ClN2O4. The van der Waals surface area contributed by atoms with Gasteiger partial charge in [-0.3, -0.25) is 19.3 Å². The number of Topliss-reactive ketones (excluding diaryl/α,β-unsaturated/α-hetero) is 1. The number of nitrogens with two attached hydrogens (primary N) is 1. The molecule has 20 heavy (non-hydrogen) atoms. The fraction of sp³-hybridized carbons (Fsp3) is 0.308. The molecule has 1 aliphatic rings. The zero-order valence-corrected chi connectivity index (χ0v) is 11.5. The summed E-state index contributed by atoms with van der Waals surface area (Å²) in [5.74, 6) is -1.05. The molecule has 0 bridgehead atoms. The van der Waals surface area contributed by atoms with Crippen molar-refractivity contribution in [3.8, 4) is 5.75 Å². The molecule has 0 aliphatic carbocycles. The van der Waals surface area contributed by atoms with Crippen LogP contribution in [0.4, 0.5) is 5.69 Å². The van der Waals surface area contributed by atoms with E-state index in [2.05, 4.69) is 0 Å². The molecule has 106 valence electrons. The number of benzene rings is 1. The Balaban J connectivity index is 2.48. The van der Waals surface area contributed by atoms with Crippen molar-refractivity contribution in [1.82, 2.24) is 0 Å². The molecule has 2 N–H and O–H groups in total. The van der Waals surface area contributed by atoms with Gasteiger partial charge in [0, 0.05) is 5.56 Å². The molecule has 0 radical (unpaired) electrons. The van der Waals surface area contributed by atoms with Crippen molar-refractivity contribution in [3.05, 3.63) is 23.8 Å². The number of rotatable bonds is 4. The summed E-state index contributed by atoms with van der Waals surface area (Å²) in [5.41, 5.74) is 5.85. The average molecular weight is 297 g/mol. The highest BCUT2D eigenvalue weighted by Crippen LogP contribution is 2.34. The van der Waals surface area contributed by atoms with Crippen LogP contribution < -0.4 is 15.4 Å². The molecule has 1 aliphatic heterocycles. The number of anilines is 1. The largest absolute Gasteiger partial charge is 0.479 e. The smallest absolute Gasteiger partial charge is 0.268 e. The Hall–Kier alpha value is -2.08. The van der Waals surface area contributed by atoms with Gasteiger partial charge in [0.2, 0.25) is 5.91 Å². The number of ketones is 1. The SMILES string of the molecule is CC1Oc2ccc(C(=O)CCl)cc2N(CC(N)=O)C1=O. The predicted octanol–water partition coefficient (Wildman–Crippen LogP) is 0.707. The van der Waals surface area contributed by atoms with E-state index in [-0.39, 0.29) is 24.1 Å². The molecule has 6 nitrogen and oxygen atoms in total. The van der Waals surface area contributed by atoms with Gasteiger partial charge in [-0.25, -0.2) is 0 Å². The second-order valence-corrected chi connectivity index (χ2v) is 4.66. The van der Waals surface area contributed by atoms with Crippen LogP contribution in [-0.2, 0) is 9.59 Å². The molecule has 0 spiro atoms. The Bertz CT molecular complexity index is 588. The second kappa shape index (κ2) is 5.50. The van der Waals surface area contributed by atoms with Crippen molar-refractivity contribution in [2.75, 3.05) is 17.3 Å². The van der Waals surface area contributed by atoms with E-state index in [1.807, 2.05) is 0 Å². The van der Waals surface area contributed by atoms with E-state index in [1.54, 1.807) is 19.1 Å². The summed E-state index contributed by atoms with van der Waals surface area (Å²) in [6.45, 7) is 1.31. The first-order valence-corrected chi connectivity index (χ1v) is 6.47. The summed E-state index contributed by atoms with van der Waals surface area (Å²) in [6, 6.07) is 4.62. The van der Waals surface area contributed by atoms with Crippen LogP contribution in [-0.4, -0.2) is 36.1 Å². The van der Waals surface area contributed by atoms with Gasteiger partial charge in [0.1, 0.15) is 12.3 Å². The minimum absolute atomic E-state index is 0.167. The second-order valence-electron chi connectivity index (χ2n) is 4.39. The van der Waals surface area contributed by atoms with Crippen LogP contribution in [0.3, 0.4) is 0 Å². The summed E-state index contributed by atoms with van der Waals surface area (Å²) in [5, 5.41) is 0. The summed E-state index contributed by atoms with van der Waals surface area (Å²) in [6.07, 6.45) is -0.712. The third-order valence-electron chi connectivity index (χ3n) is 2.92. The van der Waals surface area contributed by atoms with Gasteiger partial charge in [-0.05, 0) is 25.1 Å². The zero-order chi connectivity index (χ0) is 14.9. The van der Waals surface area contributed by atoms with Gasteiger partial charge in [-0.1, -0.05) is 0 Å². The van der Waals surface area contributed by atoms with Crippen molar-refractivity contribution in [2.24, 2.45) is 5.73 Å². The Morgan fingerprint density at radius 1 is 1.45 bits per heavy atom. The van der Waals surface area contributed by atoms with Gasteiger partial charge < -0.3 is 10.5 Å². The maximum atomic E-state index is 12.1. The highest BCUT2D eigenvalue weighted by Gasteiger charge is 2.32. The molecule has 2 amide bonds. The van der Waals surface area contributed by atoms with Crippen LogP contribution in [0.5, 0.6) is 5.75 Å². The van der Waals surface area contributed by atoms with E-state index in [1.165, 1.54) is 11.0 Å². The number of alkyl halides is 1. The van der Waals surface area contributed by atoms with Crippen LogP contribution in [0.25, 0.3) is 0 Å². The average Bonchev–Trinajstić information content (AvgIpc) is 2.42. The maximum absolute atomic E-state index is 12.1. The number of amides is 2. The van der Waals surface area contributed by atoms with E-state index in [0.29, 0.717) is 17.0 Å². The minimum atomic E-state index is -0.712. The molecule has 2 rings (SSSR count). The molecule has 0 saturated carbocycles. The Morgan fingerprint density at radius 3 is 2.75 bits per heavy atom. The van der Waals surface area contributed by atoms with Crippen LogP contribution in [0.2, 0.25) is 0 Å². The molecule has 1 atom stereocenters. The fourth-order valence-corrected chi connectivity index (χ4v) is 2.13. The van der Waals surface area contributed by atoms with E-state index in [0.717, 1.165) is 0 Å². The maximum Gasteiger partial charge on any atom is 0.268 e. The molecule has 7 heteroatoms. The first-order valence-electron chi connectivity index (χ1n) is 5.93. The van der Waals surface area contributed by atoms with Crippen LogP contribution >= 0.6 is 11.6 Å². The molecule has 0 aromatic heterocycles. The summed E-state index contributed by atoms with van der Waals surface area (Å²) in [7, 11) is 0. The van der Waals surface area contributed by atoms with Crippen molar-refractivity contribution < 1.29 is 19.1 Å². The number of nitrogens with zero attached hydrogens (tertiary/aromatic N) is 1. The van der Waals surface area contributed by atoms with E-state index < -0.39 is 12.0 Å². The number of primary amides is 1. The van der Waals surface area contributed by atoms with E-state index >= 15 is 0 Å². The number of carbonyl (C=O) groups is 3. The monoisotopic (exact) mass is 296 g/mol. The third-order valence-corrected chi connectivity index (χ3v) is 3.17. The number of ether oxygens (including phenoxy) is 1. The lowest BCUT2D eigenvalue weighted by molar-refractivity contribution is -0.127. The summed E-state index contributed by atoms with van der Waals surface area (Å²) >= 11 is 5.51.